The summed E-state index contributed by atoms with van der Waals surface area (Å²) < 4.78 is 39.6. The van der Waals surface area contributed by atoms with Crippen LogP contribution >= 0.6 is 7.82 Å². The van der Waals surface area contributed by atoms with Crippen LogP contribution in [0.2, 0.25) is 0 Å². The van der Waals surface area contributed by atoms with Gasteiger partial charge in [-0.3, -0.25) is 23.4 Å². The van der Waals surface area contributed by atoms with E-state index in [-0.39, 0.29) is 25.9 Å². The van der Waals surface area contributed by atoms with Crippen LogP contribution in [-0.4, -0.2) is 66.5 Å². The van der Waals surface area contributed by atoms with E-state index in [0.29, 0.717) is 19.3 Å². The van der Waals surface area contributed by atoms with Crippen LogP contribution in [0, 0.1) is 0 Å². The first-order valence-corrected chi connectivity index (χ1v) is 33.3. The van der Waals surface area contributed by atoms with Gasteiger partial charge in [-0.25, -0.2) is 4.57 Å². The highest BCUT2D eigenvalue weighted by Gasteiger charge is 2.28. The van der Waals surface area contributed by atoms with Crippen molar-refractivity contribution in [2.45, 2.75) is 303 Å². The molecular formula is C66H117O11P. The maximum Gasteiger partial charge on any atom is 0.472 e. The van der Waals surface area contributed by atoms with E-state index < -0.39 is 57.8 Å². The van der Waals surface area contributed by atoms with Gasteiger partial charge in [0, 0.05) is 19.3 Å². The fraction of sp³-hybridized carbons (Fsp3) is 0.773. The smallest absolute Gasteiger partial charge is 0.462 e. The molecule has 0 aliphatic heterocycles. The standard InChI is InChI=1S/C66H117O11P/c1-4-7-10-13-16-19-22-25-28-30-31-33-36-39-42-45-48-51-54-57-66(70)77-63(59-73-64(68)55-52-49-46-43-40-37-35-32-29-26-23-20-17-14-11-8-5-2)61-75-78(71,72)74-60-62(58-67)76-65(69)56-53-50-47-44-41-38-34-27-24-21-18-15-12-9-6-3/h7,10,16,19,25,27-28,31,33-34,39,42,62-63,67H,4-6,8-9,11-15,17-18,20-24,26,29-30,32,35-38,40-41,43-61H2,1-3H3,(H,71,72)/b10-7-,19-16-,28-25-,33-31-,34-27-,42-39-. The lowest BCUT2D eigenvalue weighted by atomic mass is 10.0. The number of carbonyl (C=O) groups excluding carboxylic acids is 3. The predicted molar refractivity (Wildman–Crippen MR) is 325 cm³/mol. The van der Waals surface area contributed by atoms with E-state index in [1.54, 1.807) is 0 Å². The molecule has 0 rings (SSSR count). The van der Waals surface area contributed by atoms with Crippen LogP contribution in [0.4, 0.5) is 0 Å². The molecule has 0 bridgehead atoms. The first-order chi connectivity index (χ1) is 38.2. The number of unbranched alkanes of at least 4 members (excludes halogenated alkanes) is 30. The number of allylic oxidation sites excluding steroid dienone is 12. The maximum atomic E-state index is 12.9. The van der Waals surface area contributed by atoms with E-state index in [2.05, 4.69) is 93.7 Å². The Labute approximate surface area is 478 Å². The van der Waals surface area contributed by atoms with Gasteiger partial charge in [-0.2, -0.15) is 0 Å². The lowest BCUT2D eigenvalue weighted by molar-refractivity contribution is -0.161. The van der Waals surface area contributed by atoms with Crippen molar-refractivity contribution in [2.75, 3.05) is 26.4 Å². The third-order valence-corrected chi connectivity index (χ3v) is 14.6. The first-order valence-electron chi connectivity index (χ1n) is 31.8. The average Bonchev–Trinajstić information content (AvgIpc) is 3.43. The summed E-state index contributed by atoms with van der Waals surface area (Å²) in [5.74, 6) is -1.50. The Hall–Kier alpha value is -3.08. The number of carbonyl (C=O) groups is 3. The van der Waals surface area contributed by atoms with Gasteiger partial charge in [0.2, 0.25) is 0 Å². The molecule has 452 valence electrons. The molecule has 0 fully saturated rings. The zero-order valence-corrected chi connectivity index (χ0v) is 51.0. The topological polar surface area (TPSA) is 155 Å². The lowest BCUT2D eigenvalue weighted by Gasteiger charge is -2.21. The average molecular weight is 1120 g/mol. The minimum atomic E-state index is -4.76. The van der Waals surface area contributed by atoms with Crippen LogP contribution in [-0.2, 0) is 42.2 Å². The van der Waals surface area contributed by atoms with Gasteiger partial charge in [0.15, 0.2) is 6.10 Å². The van der Waals surface area contributed by atoms with E-state index in [0.717, 1.165) is 109 Å². The highest BCUT2D eigenvalue weighted by molar-refractivity contribution is 7.47. The molecule has 12 heteroatoms. The van der Waals surface area contributed by atoms with Crippen LogP contribution in [0.25, 0.3) is 0 Å². The van der Waals surface area contributed by atoms with Gasteiger partial charge in [0.05, 0.1) is 19.8 Å². The molecule has 0 radical (unpaired) electrons. The third-order valence-electron chi connectivity index (χ3n) is 13.6. The van der Waals surface area contributed by atoms with Crippen LogP contribution in [0.15, 0.2) is 72.9 Å². The molecule has 0 aromatic heterocycles. The van der Waals surface area contributed by atoms with Crippen molar-refractivity contribution in [1.29, 1.82) is 0 Å². The highest BCUT2D eigenvalue weighted by Crippen LogP contribution is 2.43. The first kappa shape index (κ1) is 74.9. The predicted octanol–water partition coefficient (Wildman–Crippen LogP) is 19.3. The molecule has 0 aromatic carbocycles. The largest absolute Gasteiger partial charge is 0.472 e. The van der Waals surface area contributed by atoms with E-state index in [4.69, 9.17) is 23.3 Å². The molecule has 0 spiro atoms. The Bertz CT molecular complexity index is 1590. The summed E-state index contributed by atoms with van der Waals surface area (Å²) in [6.07, 6.45) is 68.5. The normalized spacial score (nSPS) is 13.8. The van der Waals surface area contributed by atoms with E-state index in [9.17, 15) is 28.9 Å². The molecule has 0 aliphatic carbocycles. The summed E-state index contributed by atoms with van der Waals surface area (Å²) in [4.78, 5) is 48.7. The van der Waals surface area contributed by atoms with Gasteiger partial charge in [-0.15, -0.1) is 0 Å². The van der Waals surface area contributed by atoms with E-state index in [1.807, 2.05) is 0 Å². The summed E-state index contributed by atoms with van der Waals surface area (Å²) in [7, 11) is -4.76. The molecule has 0 saturated heterocycles. The molecule has 2 N–H and O–H groups in total. The third kappa shape index (κ3) is 57.6. The van der Waals surface area contributed by atoms with Crippen molar-refractivity contribution < 1.29 is 52.2 Å². The summed E-state index contributed by atoms with van der Waals surface area (Å²) in [6.45, 7) is 4.52. The Morgan fingerprint density at radius 2 is 0.667 bits per heavy atom. The molecule has 0 heterocycles. The van der Waals surface area contributed by atoms with Crippen molar-refractivity contribution >= 4 is 25.7 Å². The van der Waals surface area contributed by atoms with Crippen LogP contribution < -0.4 is 0 Å². The minimum absolute atomic E-state index is 0.128. The number of aliphatic hydroxyl groups is 1. The molecule has 3 atom stereocenters. The summed E-state index contributed by atoms with van der Waals surface area (Å²) >= 11 is 0. The van der Waals surface area contributed by atoms with Gasteiger partial charge in [-0.1, -0.05) is 254 Å². The summed E-state index contributed by atoms with van der Waals surface area (Å²) in [5, 5.41) is 9.84. The summed E-state index contributed by atoms with van der Waals surface area (Å²) in [5.41, 5.74) is 0. The number of aliphatic hydroxyl groups excluding tert-OH is 1. The molecule has 0 aromatic rings. The van der Waals surface area contributed by atoms with Gasteiger partial charge >= 0.3 is 25.7 Å². The Kier molecular flexibility index (Phi) is 57.7. The fourth-order valence-corrected chi connectivity index (χ4v) is 9.57. The Morgan fingerprint density at radius 3 is 1.05 bits per heavy atom. The van der Waals surface area contributed by atoms with Crippen LogP contribution in [0.1, 0.15) is 290 Å². The molecule has 0 aliphatic rings. The van der Waals surface area contributed by atoms with E-state index >= 15 is 0 Å². The second-order valence-electron chi connectivity index (χ2n) is 21.2. The number of phosphoric acid groups is 1. The molecule has 0 amide bonds. The number of phosphoric ester groups is 1. The highest BCUT2D eigenvalue weighted by atomic mass is 31.2. The zero-order valence-electron chi connectivity index (χ0n) is 50.1. The number of hydrogen-bond acceptors (Lipinski definition) is 10. The van der Waals surface area contributed by atoms with Crippen molar-refractivity contribution in [3.63, 3.8) is 0 Å². The van der Waals surface area contributed by atoms with Gasteiger partial charge < -0.3 is 24.2 Å². The number of rotatable bonds is 59. The van der Waals surface area contributed by atoms with Gasteiger partial charge in [0.25, 0.3) is 0 Å². The van der Waals surface area contributed by atoms with Crippen molar-refractivity contribution in [3.8, 4) is 0 Å². The SMILES string of the molecule is CC/C=C\C/C=C\C/C=C\C/C=C\C/C=C\CCCCCC(=O)OC(COC(=O)CCCCCCCCCCCCCCCCCCC)COP(=O)(O)OCC(CO)OC(=O)CCCCCCC/C=C\CCCCCCCC. The molecule has 78 heavy (non-hydrogen) atoms. The molecular weight excluding hydrogens is 1000 g/mol. The van der Waals surface area contributed by atoms with Crippen LogP contribution in [0.3, 0.4) is 0 Å². The Balaban J connectivity index is 4.76. The fourth-order valence-electron chi connectivity index (χ4n) is 8.79. The van der Waals surface area contributed by atoms with E-state index in [1.165, 1.54) is 122 Å². The zero-order chi connectivity index (χ0) is 56.9. The number of ether oxygens (including phenoxy) is 3. The second-order valence-corrected chi connectivity index (χ2v) is 22.7. The van der Waals surface area contributed by atoms with Crippen molar-refractivity contribution in [1.82, 2.24) is 0 Å². The Morgan fingerprint density at radius 1 is 0.372 bits per heavy atom. The van der Waals surface area contributed by atoms with Gasteiger partial charge in [-0.05, 0) is 89.9 Å². The second kappa shape index (κ2) is 60.0. The maximum absolute atomic E-state index is 12.9. The van der Waals surface area contributed by atoms with Crippen molar-refractivity contribution in [2.24, 2.45) is 0 Å². The quantitative estimate of drug-likeness (QED) is 0.0197. The molecule has 0 saturated carbocycles. The van der Waals surface area contributed by atoms with Crippen LogP contribution in [0.5, 0.6) is 0 Å². The molecule has 11 nitrogen and oxygen atoms in total. The number of esters is 3. The molecule has 3 unspecified atom stereocenters. The minimum Gasteiger partial charge on any atom is -0.462 e. The van der Waals surface area contributed by atoms with Gasteiger partial charge in [0.1, 0.15) is 12.7 Å². The summed E-state index contributed by atoms with van der Waals surface area (Å²) in [6, 6.07) is 0. The number of hydrogen-bond donors (Lipinski definition) is 2. The monoisotopic (exact) mass is 1120 g/mol. The van der Waals surface area contributed by atoms with Crippen molar-refractivity contribution in [3.05, 3.63) is 72.9 Å². The lowest BCUT2D eigenvalue weighted by Crippen LogP contribution is -2.30.